The van der Waals surface area contributed by atoms with Crippen molar-refractivity contribution in [1.29, 1.82) is 0 Å². The average Bonchev–Trinajstić information content (AvgIpc) is 2.49. The van der Waals surface area contributed by atoms with Gasteiger partial charge in [-0.05, 0) is 42.1 Å². The molecule has 0 bridgehead atoms. The van der Waals surface area contributed by atoms with E-state index in [1.54, 1.807) is 24.5 Å². The van der Waals surface area contributed by atoms with Crippen LogP contribution in [0.2, 0.25) is 0 Å². The maximum atomic E-state index is 9.64. The molecule has 0 saturated carbocycles. The molecule has 0 saturated heterocycles. The lowest BCUT2D eigenvalue weighted by Gasteiger charge is -2.16. The zero-order valence-corrected chi connectivity index (χ0v) is 11.1. The largest absolute Gasteiger partial charge is 0.508 e. The third kappa shape index (κ3) is 2.40. The summed E-state index contributed by atoms with van der Waals surface area (Å²) in [7, 11) is 0. The number of nitrogens with zero attached hydrogens (tertiary/aromatic N) is 2. The summed E-state index contributed by atoms with van der Waals surface area (Å²) >= 11 is 0. The molecule has 4 heteroatoms. The topological polar surface area (TPSA) is 58.0 Å². The first-order valence-electron chi connectivity index (χ1n) is 6.48. The molecular weight excluding hydrogens is 250 g/mol. The highest BCUT2D eigenvalue weighted by Gasteiger charge is 2.09. The van der Waals surface area contributed by atoms with Crippen LogP contribution in [-0.4, -0.2) is 15.1 Å². The smallest absolute Gasteiger partial charge is 0.134 e. The lowest BCUT2D eigenvalue weighted by atomic mass is 10.1. The van der Waals surface area contributed by atoms with E-state index < -0.39 is 0 Å². The fourth-order valence-corrected chi connectivity index (χ4v) is 2.19. The molecule has 3 aromatic rings. The summed E-state index contributed by atoms with van der Waals surface area (Å²) < 4.78 is 0. The Bertz CT molecular complexity index is 728. The first-order valence-corrected chi connectivity index (χ1v) is 6.48. The predicted octanol–water partition coefficient (Wildman–Crippen LogP) is 3.51. The van der Waals surface area contributed by atoms with Gasteiger partial charge in [0.05, 0.1) is 6.04 Å². The molecule has 0 amide bonds. The zero-order chi connectivity index (χ0) is 13.9. The van der Waals surface area contributed by atoms with Crippen LogP contribution in [0, 0.1) is 0 Å². The Balaban J connectivity index is 1.97. The van der Waals surface area contributed by atoms with Crippen LogP contribution < -0.4 is 5.32 Å². The molecule has 1 aromatic carbocycles. The van der Waals surface area contributed by atoms with Gasteiger partial charge in [0, 0.05) is 24.0 Å². The highest BCUT2D eigenvalue weighted by Crippen LogP contribution is 2.27. The number of fused-ring (bicyclic) bond motifs is 1. The number of hydrogen-bond donors (Lipinski definition) is 2. The maximum absolute atomic E-state index is 9.64. The number of phenols is 1. The fraction of sp³-hybridized carbons (Fsp3) is 0.125. The van der Waals surface area contributed by atoms with Gasteiger partial charge in [-0.2, -0.15) is 0 Å². The number of rotatable bonds is 3. The number of pyridine rings is 2. The minimum absolute atomic E-state index is 0.0872. The van der Waals surface area contributed by atoms with Crippen LogP contribution in [0.5, 0.6) is 5.75 Å². The monoisotopic (exact) mass is 265 g/mol. The number of aromatic hydroxyl groups is 1. The van der Waals surface area contributed by atoms with Crippen LogP contribution in [0.3, 0.4) is 0 Å². The van der Waals surface area contributed by atoms with E-state index in [2.05, 4.69) is 22.2 Å². The van der Waals surface area contributed by atoms with Crippen molar-refractivity contribution in [2.45, 2.75) is 13.0 Å². The molecule has 0 spiro atoms. The normalized spacial score (nSPS) is 12.2. The minimum atomic E-state index is 0.0872. The number of aromatic nitrogens is 2. The Morgan fingerprint density at radius 3 is 2.85 bits per heavy atom. The van der Waals surface area contributed by atoms with Gasteiger partial charge in [-0.25, -0.2) is 4.98 Å². The number of benzene rings is 1. The van der Waals surface area contributed by atoms with Crippen LogP contribution in [0.25, 0.3) is 10.8 Å². The van der Waals surface area contributed by atoms with Gasteiger partial charge in [0.25, 0.3) is 0 Å². The van der Waals surface area contributed by atoms with Crippen LogP contribution in [0.1, 0.15) is 18.5 Å². The molecule has 2 heterocycles. The first kappa shape index (κ1) is 12.4. The van der Waals surface area contributed by atoms with Gasteiger partial charge >= 0.3 is 0 Å². The highest BCUT2D eigenvalue weighted by atomic mass is 16.3. The third-order valence-corrected chi connectivity index (χ3v) is 3.29. The maximum Gasteiger partial charge on any atom is 0.134 e. The van der Waals surface area contributed by atoms with Gasteiger partial charge in [-0.1, -0.05) is 12.1 Å². The molecular formula is C16H15N3O. The van der Waals surface area contributed by atoms with E-state index >= 15 is 0 Å². The van der Waals surface area contributed by atoms with Crippen LogP contribution in [-0.2, 0) is 0 Å². The molecule has 20 heavy (non-hydrogen) atoms. The average molecular weight is 265 g/mol. The molecule has 0 aliphatic heterocycles. The van der Waals surface area contributed by atoms with Crippen molar-refractivity contribution in [2.24, 2.45) is 0 Å². The summed E-state index contributed by atoms with van der Waals surface area (Å²) in [6, 6.07) is 11.2. The summed E-state index contributed by atoms with van der Waals surface area (Å²) in [5.41, 5.74) is 1.09. The number of nitrogens with one attached hydrogen (secondary N) is 1. The van der Waals surface area contributed by atoms with Crippen molar-refractivity contribution in [3.05, 3.63) is 60.6 Å². The van der Waals surface area contributed by atoms with Crippen LogP contribution in [0.15, 0.2) is 55.0 Å². The fourth-order valence-electron chi connectivity index (χ4n) is 2.19. The first-order chi connectivity index (χ1) is 9.74. The van der Waals surface area contributed by atoms with Crippen molar-refractivity contribution in [3.8, 4) is 5.75 Å². The van der Waals surface area contributed by atoms with Crippen molar-refractivity contribution < 1.29 is 5.11 Å². The standard InChI is InChI=1S/C16H15N3O/c1-11(13-3-2-7-17-10-13)19-16-15-9-14(20)5-4-12(15)6-8-18-16/h2-11,20H,1H3,(H,18,19). The summed E-state index contributed by atoms with van der Waals surface area (Å²) in [6.45, 7) is 2.06. The van der Waals surface area contributed by atoms with E-state index in [-0.39, 0.29) is 11.8 Å². The van der Waals surface area contributed by atoms with Gasteiger partial charge in [0.2, 0.25) is 0 Å². The van der Waals surface area contributed by atoms with Crippen LogP contribution >= 0.6 is 0 Å². The van der Waals surface area contributed by atoms with Crippen molar-refractivity contribution in [3.63, 3.8) is 0 Å². The molecule has 0 radical (unpaired) electrons. The predicted molar refractivity (Wildman–Crippen MR) is 79.7 cm³/mol. The van der Waals surface area contributed by atoms with Gasteiger partial charge in [-0.3, -0.25) is 4.98 Å². The Kier molecular flexibility index (Phi) is 3.21. The van der Waals surface area contributed by atoms with E-state index in [4.69, 9.17) is 0 Å². The lowest BCUT2D eigenvalue weighted by Crippen LogP contribution is -2.08. The van der Waals surface area contributed by atoms with Gasteiger partial charge in [-0.15, -0.1) is 0 Å². The quantitative estimate of drug-likeness (QED) is 0.761. The Morgan fingerprint density at radius 1 is 1.15 bits per heavy atom. The molecule has 100 valence electrons. The third-order valence-electron chi connectivity index (χ3n) is 3.29. The van der Waals surface area contributed by atoms with Crippen molar-refractivity contribution in [2.75, 3.05) is 5.32 Å². The second-order valence-corrected chi connectivity index (χ2v) is 4.72. The van der Waals surface area contributed by atoms with Gasteiger partial charge in [0.15, 0.2) is 0 Å². The Labute approximate surface area is 117 Å². The molecule has 1 atom stereocenters. The molecule has 0 aliphatic rings. The number of hydrogen-bond acceptors (Lipinski definition) is 4. The molecule has 0 fully saturated rings. The molecule has 2 N–H and O–H groups in total. The van der Waals surface area contributed by atoms with Crippen LogP contribution in [0.4, 0.5) is 5.82 Å². The molecule has 2 aromatic heterocycles. The summed E-state index contributed by atoms with van der Waals surface area (Å²) in [4.78, 5) is 8.49. The molecule has 0 aliphatic carbocycles. The number of phenolic OH excluding ortho intramolecular Hbond substituents is 1. The van der Waals surface area contributed by atoms with E-state index in [1.807, 2.05) is 30.5 Å². The second kappa shape index (κ2) is 5.17. The van der Waals surface area contributed by atoms with E-state index in [1.165, 1.54) is 0 Å². The summed E-state index contributed by atoms with van der Waals surface area (Å²) in [5.74, 6) is 0.998. The molecule has 3 rings (SSSR count). The molecule has 1 unspecified atom stereocenters. The Morgan fingerprint density at radius 2 is 2.05 bits per heavy atom. The second-order valence-electron chi connectivity index (χ2n) is 4.72. The Hall–Kier alpha value is -2.62. The zero-order valence-electron chi connectivity index (χ0n) is 11.1. The van der Waals surface area contributed by atoms with Gasteiger partial charge < -0.3 is 10.4 Å². The summed E-state index contributed by atoms with van der Waals surface area (Å²) in [6.07, 6.45) is 5.35. The lowest BCUT2D eigenvalue weighted by molar-refractivity contribution is 0.476. The summed E-state index contributed by atoms with van der Waals surface area (Å²) in [5, 5.41) is 15.0. The van der Waals surface area contributed by atoms with E-state index in [9.17, 15) is 5.11 Å². The number of anilines is 1. The minimum Gasteiger partial charge on any atom is -0.508 e. The van der Waals surface area contributed by atoms with Gasteiger partial charge in [0.1, 0.15) is 11.6 Å². The highest BCUT2D eigenvalue weighted by molar-refractivity contribution is 5.92. The van der Waals surface area contributed by atoms with Crippen molar-refractivity contribution in [1.82, 2.24) is 9.97 Å². The van der Waals surface area contributed by atoms with E-state index in [0.717, 1.165) is 22.2 Å². The SMILES string of the molecule is CC(Nc1nccc2ccc(O)cc12)c1cccnc1. The van der Waals surface area contributed by atoms with Crippen molar-refractivity contribution >= 4 is 16.6 Å². The van der Waals surface area contributed by atoms with E-state index in [0.29, 0.717) is 0 Å². The molecule has 4 nitrogen and oxygen atoms in total.